The van der Waals surface area contributed by atoms with Crippen molar-refractivity contribution in [3.8, 4) is 0 Å². The van der Waals surface area contributed by atoms with E-state index in [-0.39, 0.29) is 11.5 Å². The number of nitrogens with two attached hydrogens (primary N) is 1. The van der Waals surface area contributed by atoms with Crippen LogP contribution >= 0.6 is 11.8 Å². The van der Waals surface area contributed by atoms with Crippen molar-refractivity contribution in [2.75, 3.05) is 0 Å². The Hall–Kier alpha value is -2.09. The fraction of sp³-hybridized carbons (Fsp3) is 0.273. The number of H-pyrrole nitrogens is 1. The molecule has 19 heavy (non-hydrogen) atoms. The molecule has 0 aliphatic rings. The third-order valence-corrected chi connectivity index (χ3v) is 3.39. The molecule has 0 aliphatic heterocycles. The molecule has 0 saturated heterocycles. The van der Waals surface area contributed by atoms with Crippen molar-refractivity contribution in [2.24, 2.45) is 5.73 Å². The number of nitrogen functional groups attached to an aromatic ring is 1. The first-order valence-electron chi connectivity index (χ1n) is 5.67. The summed E-state index contributed by atoms with van der Waals surface area (Å²) >= 11 is 1.26. The van der Waals surface area contributed by atoms with Crippen LogP contribution in [-0.2, 0) is 6.54 Å². The van der Waals surface area contributed by atoms with Crippen LogP contribution in [0.5, 0.6) is 0 Å². The van der Waals surface area contributed by atoms with Gasteiger partial charge in [-0.15, -0.1) is 5.10 Å². The van der Waals surface area contributed by atoms with E-state index in [4.69, 9.17) is 11.1 Å². The van der Waals surface area contributed by atoms with Gasteiger partial charge in [0.1, 0.15) is 10.9 Å². The Balaban J connectivity index is 2.38. The molecule has 0 spiro atoms. The molecule has 100 valence electrons. The highest BCUT2D eigenvalue weighted by Gasteiger charge is 2.11. The summed E-state index contributed by atoms with van der Waals surface area (Å²) < 4.78 is 1.52. The molecule has 0 atom stereocenters. The van der Waals surface area contributed by atoms with Crippen LogP contribution in [-0.4, -0.2) is 25.6 Å². The minimum atomic E-state index is -0.246. The standard InChI is InChI=1S/C11H14N6OS/c1-3-17-10(18)15-16-11(17)19-8-5-7(9(12)13)4-6(2)14-8/h4-5H,3H2,1-2H3,(H3,12,13)(H,15,18). The van der Waals surface area contributed by atoms with Crippen molar-refractivity contribution in [3.05, 3.63) is 33.9 Å². The van der Waals surface area contributed by atoms with Gasteiger partial charge in [0.05, 0.1) is 0 Å². The van der Waals surface area contributed by atoms with Gasteiger partial charge in [-0.05, 0) is 37.7 Å². The first-order chi connectivity index (χ1) is 9.01. The maximum Gasteiger partial charge on any atom is 0.343 e. The Morgan fingerprint density at radius 1 is 1.58 bits per heavy atom. The lowest BCUT2D eigenvalue weighted by Crippen LogP contribution is -2.16. The van der Waals surface area contributed by atoms with Crippen LogP contribution in [0.2, 0.25) is 0 Å². The molecular weight excluding hydrogens is 264 g/mol. The van der Waals surface area contributed by atoms with Gasteiger partial charge < -0.3 is 5.73 Å². The molecule has 0 unspecified atom stereocenters. The maximum atomic E-state index is 11.5. The predicted octanol–water partition coefficient (Wildman–Crippen LogP) is 0.730. The fourth-order valence-electron chi connectivity index (χ4n) is 1.60. The monoisotopic (exact) mass is 278 g/mol. The maximum absolute atomic E-state index is 11.5. The molecule has 8 heteroatoms. The number of aromatic amines is 1. The number of nitrogens with zero attached hydrogens (tertiary/aromatic N) is 3. The number of aromatic nitrogens is 4. The average Bonchev–Trinajstić information content (AvgIpc) is 2.69. The summed E-state index contributed by atoms with van der Waals surface area (Å²) in [6.07, 6.45) is 0. The fourth-order valence-corrected chi connectivity index (χ4v) is 2.58. The molecule has 0 bridgehead atoms. The number of amidine groups is 1. The average molecular weight is 278 g/mol. The molecule has 2 aromatic heterocycles. The Morgan fingerprint density at radius 3 is 2.95 bits per heavy atom. The Morgan fingerprint density at radius 2 is 2.32 bits per heavy atom. The SMILES string of the molecule is CCn1c(Sc2cc(C(=N)N)cc(C)n2)n[nH]c1=O. The topological polar surface area (TPSA) is 113 Å². The van der Waals surface area contributed by atoms with Crippen molar-refractivity contribution in [2.45, 2.75) is 30.6 Å². The zero-order valence-electron chi connectivity index (χ0n) is 10.6. The highest BCUT2D eigenvalue weighted by Crippen LogP contribution is 2.24. The molecule has 0 radical (unpaired) electrons. The Bertz CT molecular complexity index is 674. The van der Waals surface area contributed by atoms with Crippen molar-refractivity contribution in [1.82, 2.24) is 19.7 Å². The lowest BCUT2D eigenvalue weighted by atomic mass is 10.2. The van der Waals surface area contributed by atoms with Gasteiger partial charge in [0.15, 0.2) is 5.16 Å². The number of hydrogen-bond donors (Lipinski definition) is 3. The Kier molecular flexibility index (Phi) is 3.70. The van der Waals surface area contributed by atoms with Gasteiger partial charge in [-0.3, -0.25) is 9.98 Å². The van der Waals surface area contributed by atoms with Gasteiger partial charge in [0.2, 0.25) is 0 Å². The van der Waals surface area contributed by atoms with Crippen LogP contribution in [0.25, 0.3) is 0 Å². The van der Waals surface area contributed by atoms with Gasteiger partial charge in [0.25, 0.3) is 0 Å². The molecule has 7 nitrogen and oxygen atoms in total. The molecule has 0 aliphatic carbocycles. The van der Waals surface area contributed by atoms with Crippen molar-refractivity contribution >= 4 is 17.6 Å². The van der Waals surface area contributed by atoms with E-state index < -0.39 is 0 Å². The van der Waals surface area contributed by atoms with Crippen molar-refractivity contribution in [3.63, 3.8) is 0 Å². The van der Waals surface area contributed by atoms with Crippen LogP contribution in [0.4, 0.5) is 0 Å². The minimum Gasteiger partial charge on any atom is -0.384 e. The predicted molar refractivity (Wildman–Crippen MR) is 72.6 cm³/mol. The van der Waals surface area contributed by atoms with Gasteiger partial charge in [-0.25, -0.2) is 14.9 Å². The van der Waals surface area contributed by atoms with Gasteiger partial charge in [-0.2, -0.15) is 0 Å². The highest BCUT2D eigenvalue weighted by atomic mass is 32.2. The molecule has 0 saturated carbocycles. The van der Waals surface area contributed by atoms with E-state index in [2.05, 4.69) is 15.2 Å². The van der Waals surface area contributed by atoms with Crippen LogP contribution in [0.1, 0.15) is 18.2 Å². The second kappa shape index (κ2) is 5.27. The smallest absolute Gasteiger partial charge is 0.343 e. The summed E-state index contributed by atoms with van der Waals surface area (Å²) in [6, 6.07) is 3.45. The summed E-state index contributed by atoms with van der Waals surface area (Å²) in [4.78, 5) is 15.8. The zero-order chi connectivity index (χ0) is 14.0. The number of hydrogen-bond acceptors (Lipinski definition) is 5. The Labute approximate surface area is 113 Å². The largest absolute Gasteiger partial charge is 0.384 e. The molecule has 0 aromatic carbocycles. The van der Waals surface area contributed by atoms with Crippen LogP contribution in [0.15, 0.2) is 27.1 Å². The van der Waals surface area contributed by atoms with Gasteiger partial charge in [-0.1, -0.05) is 0 Å². The third kappa shape index (κ3) is 2.84. The number of pyridine rings is 1. The molecule has 4 N–H and O–H groups in total. The number of rotatable bonds is 4. The van der Waals surface area contributed by atoms with Crippen LogP contribution in [0, 0.1) is 12.3 Å². The lowest BCUT2D eigenvalue weighted by Gasteiger charge is -2.05. The molecular formula is C11H14N6OS. The summed E-state index contributed by atoms with van der Waals surface area (Å²) in [5, 5.41) is 15.0. The molecule has 2 aromatic rings. The molecule has 0 fully saturated rings. The number of nitrogens with one attached hydrogen (secondary N) is 2. The van der Waals surface area contributed by atoms with Crippen LogP contribution < -0.4 is 11.4 Å². The van der Waals surface area contributed by atoms with E-state index in [0.29, 0.717) is 22.3 Å². The first-order valence-corrected chi connectivity index (χ1v) is 6.49. The van der Waals surface area contributed by atoms with Crippen LogP contribution in [0.3, 0.4) is 0 Å². The van der Waals surface area contributed by atoms with E-state index in [1.807, 2.05) is 13.8 Å². The zero-order valence-corrected chi connectivity index (χ0v) is 11.4. The normalized spacial score (nSPS) is 10.6. The molecule has 2 heterocycles. The van der Waals surface area contributed by atoms with E-state index in [1.165, 1.54) is 16.3 Å². The second-order valence-electron chi connectivity index (χ2n) is 3.91. The van der Waals surface area contributed by atoms with Gasteiger partial charge >= 0.3 is 5.69 Å². The van der Waals surface area contributed by atoms with E-state index in [1.54, 1.807) is 12.1 Å². The highest BCUT2D eigenvalue weighted by molar-refractivity contribution is 7.99. The van der Waals surface area contributed by atoms with E-state index in [0.717, 1.165) is 5.69 Å². The van der Waals surface area contributed by atoms with E-state index >= 15 is 0 Å². The first kappa shape index (κ1) is 13.3. The molecule has 0 amide bonds. The third-order valence-electron chi connectivity index (χ3n) is 2.48. The summed E-state index contributed by atoms with van der Waals surface area (Å²) in [5.41, 5.74) is 6.60. The number of aryl methyl sites for hydroxylation is 1. The van der Waals surface area contributed by atoms with E-state index in [9.17, 15) is 4.79 Å². The summed E-state index contributed by atoms with van der Waals surface area (Å²) in [6.45, 7) is 4.22. The van der Waals surface area contributed by atoms with Gasteiger partial charge in [0, 0.05) is 17.8 Å². The van der Waals surface area contributed by atoms with Crippen molar-refractivity contribution in [1.29, 1.82) is 5.41 Å². The summed E-state index contributed by atoms with van der Waals surface area (Å²) in [5.74, 6) is -0.0118. The van der Waals surface area contributed by atoms with Crippen molar-refractivity contribution < 1.29 is 0 Å². The molecule has 2 rings (SSSR count). The lowest BCUT2D eigenvalue weighted by molar-refractivity contribution is 0.660. The quantitative estimate of drug-likeness (QED) is 0.563. The minimum absolute atomic E-state index is 0.0118. The summed E-state index contributed by atoms with van der Waals surface area (Å²) in [7, 11) is 0. The second-order valence-corrected chi connectivity index (χ2v) is 4.89.